The Labute approximate surface area is 157 Å². The predicted molar refractivity (Wildman–Crippen MR) is 108 cm³/mol. The van der Waals surface area contributed by atoms with Gasteiger partial charge in [-0.2, -0.15) is 10.2 Å². The van der Waals surface area contributed by atoms with Gasteiger partial charge in [0.15, 0.2) is 0 Å². The van der Waals surface area contributed by atoms with E-state index in [1.165, 1.54) is 4.68 Å². The Balaban J connectivity index is 2.06. The van der Waals surface area contributed by atoms with Crippen LogP contribution in [0.25, 0.3) is 22.0 Å². The average molecular weight is 362 g/mol. The van der Waals surface area contributed by atoms with E-state index in [0.717, 1.165) is 28.6 Å². The molecule has 6 heteroatoms. The number of nitrogens with one attached hydrogen (secondary N) is 1. The second-order valence-electron chi connectivity index (χ2n) is 6.46. The zero-order chi connectivity index (χ0) is 19.4. The largest absolute Gasteiger partial charge is 0.275 e. The summed E-state index contributed by atoms with van der Waals surface area (Å²) < 4.78 is 1.20. The molecule has 0 saturated heterocycles. The quantitative estimate of drug-likeness (QED) is 0.559. The molecule has 0 saturated carbocycles. The molecule has 3 rings (SSSR count). The van der Waals surface area contributed by atoms with Crippen molar-refractivity contribution < 1.29 is 4.79 Å². The Hall–Kier alpha value is -3.28. The molecule has 0 radical (unpaired) electrons. The second kappa shape index (κ2) is 7.95. The third-order valence-corrected chi connectivity index (χ3v) is 4.37. The third kappa shape index (κ3) is 4.11. The van der Waals surface area contributed by atoms with Gasteiger partial charge in [-0.1, -0.05) is 55.0 Å². The van der Waals surface area contributed by atoms with E-state index in [1.54, 1.807) is 6.07 Å². The Morgan fingerprint density at radius 1 is 1.11 bits per heavy atom. The van der Waals surface area contributed by atoms with Crippen LogP contribution in [0.5, 0.6) is 0 Å². The highest BCUT2D eigenvalue weighted by Crippen LogP contribution is 2.24. The van der Waals surface area contributed by atoms with Crippen LogP contribution in [0.15, 0.2) is 58.4 Å². The van der Waals surface area contributed by atoms with Crippen LogP contribution in [0, 0.1) is 6.92 Å². The molecule has 0 aliphatic carbocycles. The molecule has 2 aromatic carbocycles. The number of fused-ring (bicyclic) bond motifs is 1. The maximum atomic E-state index is 12.8. The van der Waals surface area contributed by atoms with Crippen molar-refractivity contribution in [2.75, 3.05) is 0 Å². The molecule has 0 unspecified atom stereocenters. The number of rotatable bonds is 5. The highest BCUT2D eigenvalue weighted by atomic mass is 16.2. The predicted octanol–water partition coefficient (Wildman–Crippen LogP) is 3.27. The minimum absolute atomic E-state index is 0.191. The van der Waals surface area contributed by atoms with Crippen LogP contribution in [0.1, 0.15) is 25.8 Å². The van der Waals surface area contributed by atoms with Gasteiger partial charge < -0.3 is 0 Å². The van der Waals surface area contributed by atoms with Crippen molar-refractivity contribution in [2.45, 2.75) is 33.7 Å². The molecule has 27 heavy (non-hydrogen) atoms. The molecule has 1 aromatic heterocycles. The van der Waals surface area contributed by atoms with Gasteiger partial charge in [0.05, 0.1) is 11.1 Å². The lowest BCUT2D eigenvalue weighted by atomic mass is 10.0. The second-order valence-corrected chi connectivity index (χ2v) is 6.46. The molecular formula is C21H22N4O2. The number of carbonyl (C=O) groups excluding carboxylic acids is 1. The smallest absolute Gasteiger partial charge is 0.271 e. The first-order valence-corrected chi connectivity index (χ1v) is 8.88. The van der Waals surface area contributed by atoms with Gasteiger partial charge in [-0.15, -0.1) is 0 Å². The van der Waals surface area contributed by atoms with Crippen molar-refractivity contribution in [2.24, 2.45) is 5.10 Å². The van der Waals surface area contributed by atoms with E-state index >= 15 is 0 Å². The molecule has 1 amide bonds. The molecule has 1 N–H and O–H groups in total. The van der Waals surface area contributed by atoms with Gasteiger partial charge >= 0.3 is 0 Å². The van der Waals surface area contributed by atoms with E-state index in [4.69, 9.17) is 0 Å². The fraction of sp³-hybridized carbons (Fsp3) is 0.238. The van der Waals surface area contributed by atoms with E-state index in [1.807, 2.05) is 63.2 Å². The minimum Gasteiger partial charge on any atom is -0.271 e. The summed E-state index contributed by atoms with van der Waals surface area (Å²) in [6.45, 7) is 5.60. The molecule has 0 fully saturated rings. The van der Waals surface area contributed by atoms with Crippen LogP contribution in [-0.4, -0.2) is 21.4 Å². The number of carbonyl (C=O) groups is 1. The zero-order valence-corrected chi connectivity index (χ0v) is 15.7. The summed E-state index contributed by atoms with van der Waals surface area (Å²) in [6, 6.07) is 15.2. The summed E-state index contributed by atoms with van der Waals surface area (Å²) in [5.74, 6) is -0.387. The summed E-state index contributed by atoms with van der Waals surface area (Å²) >= 11 is 0. The molecule has 0 bridgehead atoms. The highest BCUT2D eigenvalue weighted by Gasteiger charge is 2.14. The molecule has 138 valence electrons. The fourth-order valence-electron chi connectivity index (χ4n) is 2.68. The van der Waals surface area contributed by atoms with E-state index in [-0.39, 0.29) is 18.0 Å². The first-order valence-electron chi connectivity index (χ1n) is 8.88. The van der Waals surface area contributed by atoms with Crippen molar-refractivity contribution in [1.82, 2.24) is 15.2 Å². The molecule has 1 heterocycles. The molecule has 0 spiro atoms. The van der Waals surface area contributed by atoms with Gasteiger partial charge in [0, 0.05) is 16.7 Å². The lowest BCUT2D eigenvalue weighted by Gasteiger charge is -2.11. The molecule has 0 atom stereocenters. The van der Waals surface area contributed by atoms with Gasteiger partial charge in [0.25, 0.3) is 11.5 Å². The molecule has 0 aliphatic rings. The number of benzene rings is 2. The lowest BCUT2D eigenvalue weighted by Crippen LogP contribution is -2.32. The number of nitrogens with zero attached hydrogens (tertiary/aromatic N) is 3. The fourth-order valence-corrected chi connectivity index (χ4v) is 2.68. The SMILES string of the molecule is CC/C(C)=N\NC(=O)Cn1nc(-c2ccc(C)cc2)c2ccccc2c1=O. The van der Waals surface area contributed by atoms with Crippen molar-refractivity contribution in [1.29, 1.82) is 0 Å². The normalized spacial score (nSPS) is 11.6. The Morgan fingerprint density at radius 2 is 1.78 bits per heavy atom. The number of amides is 1. The van der Waals surface area contributed by atoms with Crippen molar-refractivity contribution in [3.8, 4) is 11.3 Å². The maximum Gasteiger partial charge on any atom is 0.275 e. The van der Waals surface area contributed by atoms with E-state index < -0.39 is 0 Å². The number of hydrazone groups is 1. The van der Waals surface area contributed by atoms with Crippen molar-refractivity contribution in [3.05, 3.63) is 64.4 Å². The number of hydrogen-bond donors (Lipinski definition) is 1. The Bertz CT molecular complexity index is 1070. The van der Waals surface area contributed by atoms with Gasteiger partial charge in [-0.25, -0.2) is 10.1 Å². The number of aromatic nitrogens is 2. The van der Waals surface area contributed by atoms with Crippen molar-refractivity contribution >= 4 is 22.4 Å². The number of aryl methyl sites for hydroxylation is 1. The lowest BCUT2D eigenvalue weighted by molar-refractivity contribution is -0.121. The van der Waals surface area contributed by atoms with Crippen LogP contribution < -0.4 is 11.0 Å². The average Bonchev–Trinajstić information content (AvgIpc) is 2.69. The van der Waals surface area contributed by atoms with Crippen LogP contribution in [-0.2, 0) is 11.3 Å². The summed E-state index contributed by atoms with van der Waals surface area (Å²) in [6.07, 6.45) is 0.742. The first kappa shape index (κ1) is 18.5. The maximum absolute atomic E-state index is 12.8. The number of hydrogen-bond acceptors (Lipinski definition) is 4. The van der Waals surface area contributed by atoms with Gasteiger partial charge in [-0.05, 0) is 26.3 Å². The zero-order valence-electron chi connectivity index (χ0n) is 15.7. The third-order valence-electron chi connectivity index (χ3n) is 4.37. The molecule has 6 nitrogen and oxygen atoms in total. The Kier molecular flexibility index (Phi) is 5.45. The topological polar surface area (TPSA) is 76.3 Å². The van der Waals surface area contributed by atoms with Crippen LogP contribution in [0.3, 0.4) is 0 Å². The highest BCUT2D eigenvalue weighted by molar-refractivity contribution is 5.94. The standard InChI is InChI=1S/C21H22N4O2/c1-4-15(3)22-23-19(26)13-25-21(27)18-8-6-5-7-17(18)20(24-25)16-11-9-14(2)10-12-16/h5-12H,4,13H2,1-3H3,(H,23,26)/b22-15-. The monoisotopic (exact) mass is 362 g/mol. The first-order chi connectivity index (χ1) is 13.0. The molecule has 3 aromatic rings. The summed E-state index contributed by atoms with van der Waals surface area (Å²) in [5.41, 5.74) is 5.69. The molecular weight excluding hydrogens is 340 g/mol. The van der Waals surface area contributed by atoms with Crippen LogP contribution in [0.2, 0.25) is 0 Å². The summed E-state index contributed by atoms with van der Waals surface area (Å²) in [7, 11) is 0. The van der Waals surface area contributed by atoms with Gasteiger partial charge in [-0.3, -0.25) is 9.59 Å². The minimum atomic E-state index is -0.387. The summed E-state index contributed by atoms with van der Waals surface area (Å²) in [4.78, 5) is 25.0. The van der Waals surface area contributed by atoms with Gasteiger partial charge in [0.1, 0.15) is 6.54 Å². The van der Waals surface area contributed by atoms with E-state index in [2.05, 4.69) is 15.6 Å². The van der Waals surface area contributed by atoms with E-state index in [0.29, 0.717) is 11.1 Å². The Morgan fingerprint density at radius 3 is 2.44 bits per heavy atom. The van der Waals surface area contributed by atoms with E-state index in [9.17, 15) is 9.59 Å². The molecule has 0 aliphatic heterocycles. The van der Waals surface area contributed by atoms with Crippen molar-refractivity contribution in [3.63, 3.8) is 0 Å². The van der Waals surface area contributed by atoms with Crippen LogP contribution in [0.4, 0.5) is 0 Å². The summed E-state index contributed by atoms with van der Waals surface area (Å²) in [5, 5.41) is 9.78. The van der Waals surface area contributed by atoms with Crippen LogP contribution >= 0.6 is 0 Å². The van der Waals surface area contributed by atoms with Gasteiger partial charge in [0.2, 0.25) is 0 Å².